The topological polar surface area (TPSA) is 152 Å². The first-order valence-corrected chi connectivity index (χ1v) is 6.28. The third kappa shape index (κ3) is 1.83. The molecular formula is C13H15N5O4. The fraction of sp³-hybridized carbons (Fsp3) is 0.385. The fourth-order valence-corrected chi connectivity index (χ4v) is 2.53. The Morgan fingerprint density at radius 2 is 2.45 bits per heavy atom. The first kappa shape index (κ1) is 12.2. The van der Waals surface area contributed by atoms with Crippen LogP contribution in [0.15, 0.2) is 17.1 Å². The molecule has 3 heterocycles. The van der Waals surface area contributed by atoms with Gasteiger partial charge in [-0.3, -0.25) is 9.78 Å². The first-order valence-electron chi connectivity index (χ1n) is 7.28. The maximum atomic E-state index is 11.9. The molecule has 22 heavy (non-hydrogen) atoms. The van der Waals surface area contributed by atoms with Gasteiger partial charge in [-0.1, -0.05) is 5.92 Å². The van der Waals surface area contributed by atoms with Gasteiger partial charge < -0.3 is 31.0 Å². The van der Waals surface area contributed by atoms with Crippen molar-refractivity contribution in [2.75, 3.05) is 12.3 Å². The number of aromatic amines is 1. The quantitative estimate of drug-likeness (QED) is 0.398. The van der Waals surface area contributed by atoms with Crippen molar-refractivity contribution in [1.82, 2.24) is 14.5 Å². The number of aromatic nitrogens is 3. The number of nitrogen functional groups attached to an aromatic ring is 1. The Labute approximate surface area is 127 Å². The van der Waals surface area contributed by atoms with Gasteiger partial charge in [0.25, 0.3) is 5.56 Å². The maximum Gasteiger partial charge on any atom is 0.261 e. The summed E-state index contributed by atoms with van der Waals surface area (Å²) < 4.78 is 21.4. The number of aliphatic hydroxyl groups excluding tert-OH is 1. The van der Waals surface area contributed by atoms with Crippen molar-refractivity contribution in [2.45, 2.75) is 24.0 Å². The van der Waals surface area contributed by atoms with Crippen LogP contribution >= 0.6 is 0 Å². The molecule has 0 spiro atoms. The molecule has 7 N–H and O–H groups in total. The number of fused-ring (bicyclic) bond motifs is 1. The van der Waals surface area contributed by atoms with Crippen molar-refractivity contribution < 1.29 is 17.7 Å². The van der Waals surface area contributed by atoms with E-state index >= 15 is 0 Å². The van der Waals surface area contributed by atoms with Gasteiger partial charge in [-0.25, -0.2) is 0 Å². The second kappa shape index (κ2) is 4.82. The number of anilines is 1. The number of nitrogens with two attached hydrogens (primary N) is 2. The molecule has 0 aliphatic carbocycles. The summed E-state index contributed by atoms with van der Waals surface area (Å²) in [4.78, 5) is 18.2. The van der Waals surface area contributed by atoms with Gasteiger partial charge in [0.15, 0.2) is 17.4 Å². The second-order valence-corrected chi connectivity index (χ2v) is 4.97. The Morgan fingerprint density at radius 3 is 3.09 bits per heavy atom. The van der Waals surface area contributed by atoms with Crippen LogP contribution in [0.25, 0.3) is 11.0 Å². The summed E-state index contributed by atoms with van der Waals surface area (Å²) in [5, 5.41) is 20.0. The maximum absolute atomic E-state index is 11.9. The lowest BCUT2D eigenvalue weighted by molar-refractivity contribution is -0.0445. The molecule has 0 radical (unpaired) electrons. The van der Waals surface area contributed by atoms with E-state index < -0.39 is 36.1 Å². The average Bonchev–Trinajstić information content (AvgIpc) is 2.99. The molecule has 0 aromatic carbocycles. The average molecular weight is 307 g/mol. The van der Waals surface area contributed by atoms with Crippen molar-refractivity contribution in [1.29, 1.82) is 0 Å². The number of ether oxygens (including phenoxy) is 1. The van der Waals surface area contributed by atoms with E-state index in [1.807, 2.05) is 0 Å². The van der Waals surface area contributed by atoms with Crippen molar-refractivity contribution in [3.05, 3.63) is 22.6 Å². The highest BCUT2D eigenvalue weighted by Crippen LogP contribution is 2.37. The molecule has 0 amide bonds. The van der Waals surface area contributed by atoms with Crippen LogP contribution in [0.2, 0.25) is 0 Å². The van der Waals surface area contributed by atoms with Crippen molar-refractivity contribution in [3.8, 4) is 12.3 Å². The summed E-state index contributed by atoms with van der Waals surface area (Å²) in [6.45, 7) is -2.89. The van der Waals surface area contributed by atoms with Crippen LogP contribution in [-0.2, 0) is 4.74 Å². The van der Waals surface area contributed by atoms with Crippen LogP contribution in [0.3, 0.4) is 0 Å². The predicted octanol–water partition coefficient (Wildman–Crippen LogP) is -2.11. The third-order valence-electron chi connectivity index (χ3n) is 3.69. The minimum Gasteiger partial charge on any atom is -0.394 e. The molecule has 1 saturated heterocycles. The molecule has 2 aromatic heterocycles. The molecule has 4 atom stereocenters. The molecule has 9 heteroatoms. The SMILES string of the molecule is [2H]C([2H])(O)[C@H]1O[C@@H](n2ccc3c(=O)[nH]c(N)nc32)C(N)(C#C)[C@H]1O. The lowest BCUT2D eigenvalue weighted by atomic mass is 9.92. The van der Waals surface area contributed by atoms with E-state index in [1.54, 1.807) is 0 Å². The van der Waals surface area contributed by atoms with Crippen molar-refractivity contribution in [3.63, 3.8) is 0 Å². The number of H-pyrrole nitrogens is 1. The molecule has 1 fully saturated rings. The number of nitrogens with zero attached hydrogens (tertiary/aromatic N) is 2. The van der Waals surface area contributed by atoms with Gasteiger partial charge in [-0.15, -0.1) is 6.42 Å². The van der Waals surface area contributed by atoms with Crippen LogP contribution in [0, 0.1) is 12.3 Å². The van der Waals surface area contributed by atoms with Gasteiger partial charge in [0.2, 0.25) is 5.95 Å². The first-order chi connectivity index (χ1) is 11.1. The number of hydrogen-bond acceptors (Lipinski definition) is 7. The van der Waals surface area contributed by atoms with Crippen molar-refractivity contribution in [2.24, 2.45) is 5.73 Å². The molecule has 1 unspecified atom stereocenters. The summed E-state index contributed by atoms with van der Waals surface area (Å²) in [5.74, 6) is 2.03. The molecule has 2 aromatic rings. The molecule has 0 saturated carbocycles. The highest BCUT2D eigenvalue weighted by atomic mass is 16.5. The standard InChI is InChI=1S/C13H15N5O4/c1-2-13(15)8(20)7(5-19)22-11(13)18-4-3-6-9(18)16-12(14)17-10(6)21/h1,3-4,7-8,11,19-20H,5,15H2,(H3,14,16,17,21)/t7-,8+,11-,13?/m1/s1/i5D2. The number of nitrogens with one attached hydrogen (secondary N) is 1. The lowest BCUT2D eigenvalue weighted by Crippen LogP contribution is -2.53. The van der Waals surface area contributed by atoms with E-state index in [0.29, 0.717) is 0 Å². The van der Waals surface area contributed by atoms with Crippen LogP contribution in [0.4, 0.5) is 5.95 Å². The van der Waals surface area contributed by atoms with Crippen LogP contribution in [0.5, 0.6) is 0 Å². The zero-order chi connectivity index (χ0) is 17.9. The van der Waals surface area contributed by atoms with Gasteiger partial charge in [0, 0.05) is 6.20 Å². The summed E-state index contributed by atoms with van der Waals surface area (Å²) in [5.41, 5.74) is 9.30. The Hall–Kier alpha value is -2.38. The molecule has 1 aliphatic rings. The predicted molar refractivity (Wildman–Crippen MR) is 77.5 cm³/mol. The zero-order valence-corrected chi connectivity index (χ0v) is 11.2. The molecule has 116 valence electrons. The largest absolute Gasteiger partial charge is 0.394 e. The van der Waals surface area contributed by atoms with Gasteiger partial charge in [0.05, 0.1) is 14.7 Å². The number of terminal acetylenes is 1. The van der Waals surface area contributed by atoms with Gasteiger partial charge in [0.1, 0.15) is 12.2 Å². The van der Waals surface area contributed by atoms with Crippen LogP contribution in [-0.4, -0.2) is 49.1 Å². The number of rotatable bonds is 2. The van der Waals surface area contributed by atoms with E-state index in [0.717, 1.165) is 0 Å². The van der Waals surface area contributed by atoms with Crippen molar-refractivity contribution >= 4 is 17.0 Å². The normalized spacial score (nSPS) is 33.5. The summed E-state index contributed by atoms with van der Waals surface area (Å²) in [6, 6.07) is 1.42. The van der Waals surface area contributed by atoms with Gasteiger partial charge in [-0.2, -0.15) is 4.98 Å². The van der Waals surface area contributed by atoms with Gasteiger partial charge >= 0.3 is 0 Å². The Morgan fingerprint density at radius 1 is 1.73 bits per heavy atom. The number of hydrogen-bond donors (Lipinski definition) is 5. The minimum atomic E-state index is -2.89. The second-order valence-electron chi connectivity index (χ2n) is 4.97. The monoisotopic (exact) mass is 307 g/mol. The van der Waals surface area contributed by atoms with E-state index in [9.17, 15) is 15.0 Å². The zero-order valence-electron chi connectivity index (χ0n) is 13.2. The lowest BCUT2D eigenvalue weighted by Gasteiger charge is -2.27. The fourth-order valence-electron chi connectivity index (χ4n) is 2.53. The van der Waals surface area contributed by atoms with E-state index in [4.69, 9.17) is 25.4 Å². The highest BCUT2D eigenvalue weighted by Gasteiger charge is 2.54. The Balaban J connectivity index is 2.19. The van der Waals surface area contributed by atoms with E-state index in [-0.39, 0.29) is 17.0 Å². The number of aliphatic hydroxyl groups is 2. The molecular weight excluding hydrogens is 290 g/mol. The summed E-state index contributed by atoms with van der Waals surface area (Å²) in [6.07, 6.45) is 2.14. The summed E-state index contributed by atoms with van der Waals surface area (Å²) >= 11 is 0. The highest BCUT2D eigenvalue weighted by molar-refractivity contribution is 5.76. The Bertz CT molecular complexity index is 898. The Kier molecular flexibility index (Phi) is 2.67. The van der Waals surface area contributed by atoms with Crippen LogP contribution in [0.1, 0.15) is 8.97 Å². The summed E-state index contributed by atoms with van der Waals surface area (Å²) in [7, 11) is 0. The third-order valence-corrected chi connectivity index (χ3v) is 3.69. The molecule has 1 aliphatic heterocycles. The van der Waals surface area contributed by atoms with Crippen LogP contribution < -0.4 is 17.0 Å². The smallest absolute Gasteiger partial charge is 0.261 e. The minimum absolute atomic E-state index is 0.0951. The molecule has 9 nitrogen and oxygen atoms in total. The van der Waals surface area contributed by atoms with E-state index in [1.165, 1.54) is 16.8 Å². The molecule has 3 rings (SSSR count). The van der Waals surface area contributed by atoms with E-state index in [2.05, 4.69) is 15.9 Å². The molecule has 0 bridgehead atoms. The van der Waals surface area contributed by atoms with Gasteiger partial charge in [-0.05, 0) is 6.07 Å².